The van der Waals surface area contributed by atoms with Crippen molar-refractivity contribution in [1.29, 1.82) is 0 Å². The highest BCUT2D eigenvalue weighted by Crippen LogP contribution is 2.51. The minimum Gasteiger partial charge on any atom is -0.511 e. The summed E-state index contributed by atoms with van der Waals surface area (Å²) in [6.07, 6.45) is 5.60. The van der Waals surface area contributed by atoms with Crippen LogP contribution in [0.4, 0.5) is 5.13 Å². The summed E-state index contributed by atoms with van der Waals surface area (Å²) in [6, 6.07) is 11.0. The maximum atomic E-state index is 13.3. The van der Waals surface area contributed by atoms with Crippen LogP contribution in [-0.2, 0) is 10.2 Å². The van der Waals surface area contributed by atoms with E-state index in [2.05, 4.69) is 10.3 Å². The zero-order valence-electron chi connectivity index (χ0n) is 18.5. The number of halogens is 2. The molecule has 7 nitrogen and oxygen atoms in total. The van der Waals surface area contributed by atoms with E-state index >= 15 is 0 Å². The molecule has 0 bridgehead atoms. The summed E-state index contributed by atoms with van der Waals surface area (Å²) in [6.45, 7) is 0.855. The van der Waals surface area contributed by atoms with E-state index in [0.717, 1.165) is 28.8 Å². The van der Waals surface area contributed by atoms with E-state index in [-0.39, 0.29) is 18.7 Å². The fraction of sp³-hybridized carbons (Fsp3) is 0.280. The van der Waals surface area contributed by atoms with Crippen molar-refractivity contribution in [1.82, 2.24) is 9.88 Å². The molecule has 1 saturated carbocycles. The first-order valence-corrected chi connectivity index (χ1v) is 12.8. The summed E-state index contributed by atoms with van der Waals surface area (Å²) in [7, 11) is 0. The summed E-state index contributed by atoms with van der Waals surface area (Å²) < 4.78 is 10.9. The summed E-state index contributed by atoms with van der Waals surface area (Å²) in [5, 5.41) is 14.5. The van der Waals surface area contributed by atoms with E-state index in [9.17, 15) is 9.90 Å². The first-order valence-electron chi connectivity index (χ1n) is 11.2. The van der Waals surface area contributed by atoms with Gasteiger partial charge in [0.2, 0.25) is 12.7 Å². The lowest BCUT2D eigenvalue weighted by molar-refractivity contribution is -0.118. The Morgan fingerprint density at radius 3 is 2.71 bits per heavy atom. The second kappa shape index (κ2) is 8.62. The molecule has 1 amide bonds. The van der Waals surface area contributed by atoms with Crippen LogP contribution in [0.1, 0.15) is 41.3 Å². The van der Waals surface area contributed by atoms with E-state index in [1.165, 1.54) is 11.3 Å². The van der Waals surface area contributed by atoms with Gasteiger partial charge in [-0.3, -0.25) is 4.79 Å². The number of thiazole rings is 1. The molecule has 0 spiro atoms. The van der Waals surface area contributed by atoms with Crippen LogP contribution < -0.4 is 14.8 Å². The lowest BCUT2D eigenvalue weighted by atomic mass is 9.94. The molecule has 0 unspecified atom stereocenters. The number of carbonyl (C=O) groups is 1. The molecular formula is C25H21Cl2N3O4S. The highest BCUT2D eigenvalue weighted by molar-refractivity contribution is 7.15. The van der Waals surface area contributed by atoms with Gasteiger partial charge in [0, 0.05) is 25.4 Å². The lowest BCUT2D eigenvalue weighted by Gasteiger charge is -2.27. The largest absolute Gasteiger partial charge is 0.511 e. The molecule has 1 aromatic heterocycles. The number of rotatable bonds is 6. The molecule has 10 heteroatoms. The second-order valence-corrected chi connectivity index (χ2v) is 10.7. The number of benzene rings is 2. The molecule has 2 aliphatic heterocycles. The second-order valence-electron chi connectivity index (χ2n) is 8.86. The minimum absolute atomic E-state index is 0.0814. The van der Waals surface area contributed by atoms with Crippen molar-refractivity contribution in [3.8, 4) is 11.5 Å². The normalized spacial score (nSPS) is 18.3. The molecule has 0 radical (unpaired) electrons. The maximum Gasteiger partial charge on any atom is 0.236 e. The van der Waals surface area contributed by atoms with Crippen molar-refractivity contribution in [3.05, 3.63) is 80.6 Å². The number of fused-ring (bicyclic) bond motifs is 1. The Balaban J connectivity index is 1.26. The Morgan fingerprint density at radius 1 is 1.14 bits per heavy atom. The van der Waals surface area contributed by atoms with E-state index in [1.54, 1.807) is 18.5 Å². The van der Waals surface area contributed by atoms with Crippen LogP contribution in [0, 0.1) is 0 Å². The number of aliphatic hydroxyl groups is 1. The van der Waals surface area contributed by atoms with Crippen molar-refractivity contribution in [2.75, 3.05) is 18.7 Å². The summed E-state index contributed by atoms with van der Waals surface area (Å²) in [4.78, 5) is 20.8. The molecule has 1 aliphatic carbocycles. The minimum atomic E-state index is -0.584. The third kappa shape index (κ3) is 4.09. The number of carbonyl (C=O) groups excluding carboxylic acids is 1. The highest BCUT2D eigenvalue weighted by atomic mass is 35.5. The fourth-order valence-electron chi connectivity index (χ4n) is 4.62. The molecule has 1 fully saturated rings. The van der Waals surface area contributed by atoms with Crippen LogP contribution >= 0.6 is 34.5 Å². The summed E-state index contributed by atoms with van der Waals surface area (Å²) in [5.41, 5.74) is 1.26. The third-order valence-electron chi connectivity index (χ3n) is 6.66. The first-order chi connectivity index (χ1) is 16.9. The molecular weight excluding hydrogens is 509 g/mol. The number of aliphatic hydroxyl groups excluding tert-OH is 1. The number of hydrogen-bond donors (Lipinski definition) is 2. The molecule has 2 aromatic carbocycles. The monoisotopic (exact) mass is 529 g/mol. The highest BCUT2D eigenvalue weighted by Gasteiger charge is 2.52. The first kappa shape index (κ1) is 22.5. The van der Waals surface area contributed by atoms with Gasteiger partial charge in [0.25, 0.3) is 0 Å². The van der Waals surface area contributed by atoms with Crippen molar-refractivity contribution in [3.63, 3.8) is 0 Å². The number of anilines is 1. The Labute approximate surface area is 215 Å². The maximum absolute atomic E-state index is 13.3. The van der Waals surface area contributed by atoms with Gasteiger partial charge < -0.3 is 24.8 Å². The molecule has 3 heterocycles. The van der Waals surface area contributed by atoms with Gasteiger partial charge in [-0.2, -0.15) is 0 Å². The quantitative estimate of drug-likeness (QED) is 0.404. The van der Waals surface area contributed by atoms with Gasteiger partial charge in [-0.05, 0) is 48.2 Å². The molecule has 2 N–H and O–H groups in total. The van der Waals surface area contributed by atoms with Crippen LogP contribution in [-0.4, -0.2) is 34.2 Å². The van der Waals surface area contributed by atoms with Gasteiger partial charge in [-0.1, -0.05) is 46.7 Å². The van der Waals surface area contributed by atoms with Crippen molar-refractivity contribution >= 4 is 45.6 Å². The topological polar surface area (TPSA) is 83.9 Å². The number of ether oxygens (including phenoxy) is 2. The average Bonchev–Trinajstić information content (AvgIpc) is 3.13. The predicted molar refractivity (Wildman–Crippen MR) is 135 cm³/mol. The number of hydrogen-bond acceptors (Lipinski definition) is 7. The Morgan fingerprint density at radius 2 is 1.97 bits per heavy atom. The molecule has 0 saturated heterocycles. The predicted octanol–water partition coefficient (Wildman–Crippen LogP) is 6.04. The Bertz CT molecular complexity index is 1350. The fourth-order valence-corrected chi connectivity index (χ4v) is 5.89. The lowest BCUT2D eigenvalue weighted by Crippen LogP contribution is -2.27. The molecule has 180 valence electrons. The zero-order valence-corrected chi connectivity index (χ0v) is 20.8. The van der Waals surface area contributed by atoms with E-state index in [4.69, 9.17) is 32.7 Å². The van der Waals surface area contributed by atoms with Crippen LogP contribution in [0.25, 0.3) is 0 Å². The SMILES string of the molecule is O=C(Nc1ncc([C@@H](c2ccc(Cl)c(Cl)c2)N2C=C(O)CC2)s1)C1(c2ccc3c(c2)OCO3)CC1. The van der Waals surface area contributed by atoms with E-state index in [0.29, 0.717) is 45.4 Å². The van der Waals surface area contributed by atoms with Crippen molar-refractivity contribution in [2.24, 2.45) is 0 Å². The average molecular weight is 530 g/mol. The molecule has 6 rings (SSSR count). The van der Waals surface area contributed by atoms with E-state index in [1.807, 2.05) is 35.2 Å². The van der Waals surface area contributed by atoms with Crippen LogP contribution in [0.3, 0.4) is 0 Å². The Hall–Kier alpha value is -2.94. The number of nitrogens with one attached hydrogen (secondary N) is 1. The van der Waals surface area contributed by atoms with Gasteiger partial charge in [-0.15, -0.1) is 0 Å². The molecule has 35 heavy (non-hydrogen) atoms. The van der Waals surface area contributed by atoms with Gasteiger partial charge in [-0.25, -0.2) is 4.98 Å². The van der Waals surface area contributed by atoms with Crippen LogP contribution in [0.2, 0.25) is 10.0 Å². The number of aromatic nitrogens is 1. The van der Waals surface area contributed by atoms with Gasteiger partial charge in [0.1, 0.15) is 5.76 Å². The smallest absolute Gasteiger partial charge is 0.236 e. The van der Waals surface area contributed by atoms with Crippen molar-refractivity contribution in [2.45, 2.75) is 30.7 Å². The summed E-state index contributed by atoms with van der Waals surface area (Å²) >= 11 is 13.8. The molecule has 3 aromatic rings. The van der Waals surface area contributed by atoms with Gasteiger partial charge in [0.15, 0.2) is 16.6 Å². The van der Waals surface area contributed by atoms with E-state index < -0.39 is 5.41 Å². The summed E-state index contributed by atoms with van der Waals surface area (Å²) in [5.74, 6) is 1.61. The van der Waals surface area contributed by atoms with Crippen LogP contribution in [0.5, 0.6) is 11.5 Å². The van der Waals surface area contributed by atoms with Crippen molar-refractivity contribution < 1.29 is 19.4 Å². The number of amides is 1. The number of nitrogens with zero attached hydrogens (tertiary/aromatic N) is 2. The third-order valence-corrected chi connectivity index (χ3v) is 8.36. The van der Waals surface area contributed by atoms with Crippen LogP contribution in [0.15, 0.2) is 54.6 Å². The molecule has 1 atom stereocenters. The van der Waals surface area contributed by atoms with Gasteiger partial charge in [0.05, 0.1) is 26.4 Å². The van der Waals surface area contributed by atoms with Gasteiger partial charge >= 0.3 is 0 Å². The zero-order chi connectivity index (χ0) is 24.2. The standard InChI is InChI=1S/C25H21Cl2N3O4S/c26-17-3-1-14(9-18(17)27)22(30-8-5-16(31)12-30)21-11-28-24(35-21)29-23(32)25(6-7-25)15-2-4-19-20(10-15)34-13-33-19/h1-4,9-12,22,31H,5-8,13H2,(H,28,29,32)/t22-/m1/s1. The molecule has 3 aliphatic rings. The Kier molecular flexibility index (Phi) is 5.55.